The van der Waals surface area contributed by atoms with Crippen molar-refractivity contribution in [1.82, 2.24) is 9.80 Å². The van der Waals surface area contributed by atoms with Crippen LogP contribution in [0.2, 0.25) is 0 Å². The van der Waals surface area contributed by atoms with E-state index in [0.29, 0.717) is 18.7 Å². The van der Waals surface area contributed by atoms with E-state index in [1.165, 1.54) is 4.90 Å². The normalized spacial score (nSPS) is 24.8. The Balaban J connectivity index is 2.34. The van der Waals surface area contributed by atoms with Gasteiger partial charge in [0, 0.05) is 12.2 Å². The Morgan fingerprint density at radius 3 is 2.70 bits per heavy atom. The SMILES string of the molecule is CC(C)(C)OC(=O)N1C2=CCCCC2N(C(=O)O)CC1CCS. The molecule has 1 N–H and O–H groups in total. The van der Waals surface area contributed by atoms with Gasteiger partial charge in [0.1, 0.15) is 5.60 Å². The molecule has 1 aliphatic heterocycles. The van der Waals surface area contributed by atoms with E-state index < -0.39 is 17.8 Å². The number of fused-ring (bicyclic) bond motifs is 1. The zero-order valence-electron chi connectivity index (χ0n) is 14.0. The highest BCUT2D eigenvalue weighted by molar-refractivity contribution is 7.80. The third kappa shape index (κ3) is 4.13. The molecule has 6 nitrogen and oxygen atoms in total. The number of carbonyl (C=O) groups excluding carboxylic acids is 1. The van der Waals surface area contributed by atoms with Crippen LogP contribution in [0.5, 0.6) is 0 Å². The Kier molecular flexibility index (Phi) is 5.49. The van der Waals surface area contributed by atoms with E-state index >= 15 is 0 Å². The monoisotopic (exact) mass is 342 g/mol. The lowest BCUT2D eigenvalue weighted by molar-refractivity contribution is 0.00163. The van der Waals surface area contributed by atoms with Gasteiger partial charge in [-0.3, -0.25) is 9.80 Å². The average molecular weight is 342 g/mol. The number of ether oxygens (including phenoxy) is 1. The molecule has 0 saturated carbocycles. The van der Waals surface area contributed by atoms with Gasteiger partial charge in [0.2, 0.25) is 0 Å². The molecule has 1 fully saturated rings. The standard InChI is InChI=1S/C16H26N2O4S/c1-16(2,3)22-15(21)18-11(8-9-23)10-17(14(19)20)12-6-4-5-7-13(12)18/h7,11-12,23H,4-6,8-10H2,1-3H3,(H,19,20). The van der Waals surface area contributed by atoms with Crippen LogP contribution in [0.3, 0.4) is 0 Å². The fourth-order valence-corrected chi connectivity index (χ4v) is 3.51. The predicted molar refractivity (Wildman–Crippen MR) is 90.8 cm³/mol. The van der Waals surface area contributed by atoms with Crippen molar-refractivity contribution in [2.45, 2.75) is 64.1 Å². The molecule has 2 aliphatic rings. The summed E-state index contributed by atoms with van der Waals surface area (Å²) in [6, 6.07) is -0.496. The Bertz CT molecular complexity index is 501. The fraction of sp³-hybridized carbons (Fsp3) is 0.750. The summed E-state index contributed by atoms with van der Waals surface area (Å²) in [5.74, 6) is 0.579. The lowest BCUT2D eigenvalue weighted by atomic mass is 9.92. The van der Waals surface area contributed by atoms with E-state index in [0.717, 1.165) is 25.0 Å². The first-order valence-electron chi connectivity index (χ1n) is 8.07. The highest BCUT2D eigenvalue weighted by Gasteiger charge is 2.44. The Hall–Kier alpha value is -1.37. The van der Waals surface area contributed by atoms with E-state index in [1.807, 2.05) is 26.8 Å². The van der Waals surface area contributed by atoms with Crippen LogP contribution >= 0.6 is 12.6 Å². The molecule has 0 aromatic carbocycles. The maximum Gasteiger partial charge on any atom is 0.414 e. The van der Waals surface area contributed by atoms with Crippen LogP contribution in [-0.2, 0) is 4.74 Å². The highest BCUT2D eigenvalue weighted by atomic mass is 32.1. The Labute approximate surface area is 142 Å². The van der Waals surface area contributed by atoms with Crippen molar-refractivity contribution in [2.75, 3.05) is 12.3 Å². The second-order valence-electron chi connectivity index (χ2n) is 7.03. The number of hydrogen-bond acceptors (Lipinski definition) is 4. The molecule has 2 amide bonds. The van der Waals surface area contributed by atoms with Gasteiger partial charge in [0.25, 0.3) is 0 Å². The van der Waals surface area contributed by atoms with Crippen molar-refractivity contribution in [2.24, 2.45) is 0 Å². The summed E-state index contributed by atoms with van der Waals surface area (Å²) in [4.78, 5) is 27.4. The number of thiol groups is 1. The number of rotatable bonds is 2. The van der Waals surface area contributed by atoms with Crippen LogP contribution < -0.4 is 0 Å². The molecule has 0 radical (unpaired) electrons. The highest BCUT2D eigenvalue weighted by Crippen LogP contribution is 2.34. The summed E-state index contributed by atoms with van der Waals surface area (Å²) in [6.45, 7) is 5.80. The molecule has 1 saturated heterocycles. The molecule has 0 bridgehead atoms. The molecule has 0 aromatic rings. The molecule has 0 aromatic heterocycles. The van der Waals surface area contributed by atoms with Crippen LogP contribution in [0, 0.1) is 0 Å². The first-order valence-corrected chi connectivity index (χ1v) is 8.70. The van der Waals surface area contributed by atoms with Crippen LogP contribution in [0.1, 0.15) is 46.5 Å². The van der Waals surface area contributed by atoms with Gasteiger partial charge >= 0.3 is 12.2 Å². The van der Waals surface area contributed by atoms with Gasteiger partial charge in [-0.25, -0.2) is 9.59 Å². The van der Waals surface area contributed by atoms with Crippen LogP contribution in [0.25, 0.3) is 0 Å². The quantitative estimate of drug-likeness (QED) is 0.755. The first kappa shape index (κ1) is 18.0. The van der Waals surface area contributed by atoms with Gasteiger partial charge in [0.05, 0.1) is 12.1 Å². The maximum absolute atomic E-state index is 12.7. The molecule has 130 valence electrons. The number of carboxylic acid groups (broad SMARTS) is 1. The number of allylic oxidation sites excluding steroid dienone is 1. The summed E-state index contributed by atoms with van der Waals surface area (Å²) < 4.78 is 5.55. The molecule has 7 heteroatoms. The summed E-state index contributed by atoms with van der Waals surface area (Å²) >= 11 is 4.26. The molecule has 2 atom stereocenters. The molecule has 2 unspecified atom stereocenters. The maximum atomic E-state index is 12.7. The second-order valence-corrected chi connectivity index (χ2v) is 7.47. The zero-order chi connectivity index (χ0) is 17.2. The van der Waals surface area contributed by atoms with Crippen LogP contribution in [0.15, 0.2) is 11.8 Å². The van der Waals surface area contributed by atoms with Gasteiger partial charge in [0.15, 0.2) is 0 Å². The average Bonchev–Trinajstić information content (AvgIpc) is 2.44. The van der Waals surface area contributed by atoms with Crippen molar-refractivity contribution in [3.63, 3.8) is 0 Å². The summed E-state index contributed by atoms with van der Waals surface area (Å²) in [5.41, 5.74) is 0.183. The van der Waals surface area contributed by atoms with Crippen LogP contribution in [0.4, 0.5) is 9.59 Å². The molecular weight excluding hydrogens is 316 g/mol. The molecular formula is C16H26N2O4S. The van der Waals surface area contributed by atoms with Crippen molar-refractivity contribution in [1.29, 1.82) is 0 Å². The number of nitrogens with zero attached hydrogens (tertiary/aromatic N) is 2. The molecule has 0 spiro atoms. The Morgan fingerprint density at radius 1 is 1.43 bits per heavy atom. The van der Waals surface area contributed by atoms with Gasteiger partial charge in [-0.15, -0.1) is 0 Å². The number of piperazine rings is 1. The molecule has 1 heterocycles. The molecule has 1 aliphatic carbocycles. The van der Waals surface area contributed by atoms with Crippen molar-refractivity contribution >= 4 is 24.8 Å². The number of carbonyl (C=O) groups is 2. The van der Waals surface area contributed by atoms with E-state index in [2.05, 4.69) is 12.6 Å². The third-order valence-corrected chi connectivity index (χ3v) is 4.36. The lowest BCUT2D eigenvalue weighted by Gasteiger charge is -2.48. The summed E-state index contributed by atoms with van der Waals surface area (Å²) in [5, 5.41) is 9.52. The second kappa shape index (κ2) is 7.03. The van der Waals surface area contributed by atoms with Crippen molar-refractivity contribution in [3.8, 4) is 0 Å². The summed E-state index contributed by atoms with van der Waals surface area (Å²) in [7, 11) is 0. The van der Waals surface area contributed by atoms with E-state index in [4.69, 9.17) is 4.74 Å². The third-order valence-electron chi connectivity index (χ3n) is 4.10. The predicted octanol–water partition coefficient (Wildman–Crippen LogP) is 3.34. The largest absolute Gasteiger partial charge is 0.465 e. The molecule has 23 heavy (non-hydrogen) atoms. The Morgan fingerprint density at radius 2 is 2.13 bits per heavy atom. The fourth-order valence-electron chi connectivity index (χ4n) is 3.21. The summed E-state index contributed by atoms with van der Waals surface area (Å²) in [6.07, 6.45) is 3.80. The minimum Gasteiger partial charge on any atom is -0.465 e. The minimum absolute atomic E-state index is 0.237. The van der Waals surface area contributed by atoms with Crippen molar-refractivity contribution < 1.29 is 19.4 Å². The zero-order valence-corrected chi connectivity index (χ0v) is 14.9. The molecule has 2 rings (SSSR count). The van der Waals surface area contributed by atoms with E-state index in [-0.39, 0.29) is 12.1 Å². The number of amides is 2. The number of hydrogen-bond donors (Lipinski definition) is 2. The van der Waals surface area contributed by atoms with E-state index in [1.54, 1.807) is 4.90 Å². The van der Waals surface area contributed by atoms with E-state index in [9.17, 15) is 14.7 Å². The van der Waals surface area contributed by atoms with Gasteiger partial charge in [-0.2, -0.15) is 12.6 Å². The first-order chi connectivity index (χ1) is 10.7. The smallest absolute Gasteiger partial charge is 0.414 e. The van der Waals surface area contributed by atoms with Gasteiger partial charge in [-0.1, -0.05) is 6.08 Å². The lowest BCUT2D eigenvalue weighted by Crippen LogP contribution is -2.60. The topological polar surface area (TPSA) is 70.1 Å². The van der Waals surface area contributed by atoms with Crippen molar-refractivity contribution in [3.05, 3.63) is 11.8 Å². The van der Waals surface area contributed by atoms with Gasteiger partial charge < -0.3 is 9.84 Å². The van der Waals surface area contributed by atoms with Crippen LogP contribution in [-0.4, -0.2) is 57.1 Å². The van der Waals surface area contributed by atoms with Gasteiger partial charge in [-0.05, 0) is 52.2 Å². The minimum atomic E-state index is -0.934.